The van der Waals surface area contributed by atoms with E-state index in [2.05, 4.69) is 39.0 Å². The van der Waals surface area contributed by atoms with E-state index < -0.39 is 0 Å². The van der Waals surface area contributed by atoms with Crippen LogP contribution in [0.4, 0.5) is 23.1 Å². The second kappa shape index (κ2) is 9.80. The van der Waals surface area contributed by atoms with Crippen molar-refractivity contribution >= 4 is 29.0 Å². The summed E-state index contributed by atoms with van der Waals surface area (Å²) in [5.41, 5.74) is 8.33. The molecule has 0 saturated carbocycles. The molecule has 1 aromatic heterocycles. The Balaban J connectivity index is 1.84. The molecule has 2 aromatic carbocycles. The van der Waals surface area contributed by atoms with Gasteiger partial charge < -0.3 is 25.8 Å². The molecular formula is C23H21N5O3. The fourth-order valence-corrected chi connectivity index (χ4v) is 2.60. The van der Waals surface area contributed by atoms with Crippen molar-refractivity contribution < 1.29 is 14.3 Å². The normalized spacial score (nSPS) is 9.74. The molecule has 31 heavy (non-hydrogen) atoms. The number of anilines is 4. The average Bonchev–Trinajstić information content (AvgIpc) is 2.77. The van der Waals surface area contributed by atoms with Gasteiger partial charge in [0.25, 0.3) is 0 Å². The quantitative estimate of drug-likeness (QED) is 0.418. The summed E-state index contributed by atoms with van der Waals surface area (Å²) in [6, 6.07) is 14.0. The van der Waals surface area contributed by atoms with Crippen molar-refractivity contribution in [1.29, 1.82) is 0 Å². The van der Waals surface area contributed by atoms with Crippen LogP contribution >= 0.6 is 0 Å². The molecule has 3 aromatic rings. The lowest BCUT2D eigenvalue weighted by Gasteiger charge is -2.08. The Morgan fingerprint density at radius 2 is 1.74 bits per heavy atom. The Labute approximate surface area is 180 Å². The number of methoxy groups -OCH3 is 2. The van der Waals surface area contributed by atoms with E-state index in [1.807, 2.05) is 6.07 Å². The fourth-order valence-electron chi connectivity index (χ4n) is 2.60. The smallest absolute Gasteiger partial charge is 0.247 e. The third kappa shape index (κ3) is 5.98. The third-order valence-electron chi connectivity index (χ3n) is 4.00. The van der Waals surface area contributed by atoms with Crippen molar-refractivity contribution in [3.05, 3.63) is 72.4 Å². The van der Waals surface area contributed by atoms with Crippen molar-refractivity contribution in [2.45, 2.75) is 0 Å². The maximum atomic E-state index is 11.5. The number of rotatable bonds is 6. The van der Waals surface area contributed by atoms with Gasteiger partial charge in [-0.3, -0.25) is 4.79 Å². The van der Waals surface area contributed by atoms with Gasteiger partial charge in [0.05, 0.1) is 14.2 Å². The van der Waals surface area contributed by atoms with Crippen LogP contribution in [0.3, 0.4) is 0 Å². The number of ether oxygens (including phenoxy) is 2. The van der Waals surface area contributed by atoms with Crippen LogP contribution in [0, 0.1) is 11.8 Å². The summed E-state index contributed by atoms with van der Waals surface area (Å²) in [6.07, 6.45) is 1.20. The van der Waals surface area contributed by atoms with Crippen molar-refractivity contribution in [2.24, 2.45) is 0 Å². The largest absolute Gasteiger partial charge is 0.497 e. The van der Waals surface area contributed by atoms with Gasteiger partial charge in [-0.2, -0.15) is 4.98 Å². The van der Waals surface area contributed by atoms with Gasteiger partial charge in [-0.1, -0.05) is 18.6 Å². The lowest BCUT2D eigenvalue weighted by molar-refractivity contribution is -0.111. The maximum absolute atomic E-state index is 11.5. The number of benzene rings is 2. The zero-order valence-corrected chi connectivity index (χ0v) is 17.1. The predicted octanol–water partition coefficient (Wildman–Crippen LogP) is 3.34. The first-order chi connectivity index (χ1) is 15.0. The van der Waals surface area contributed by atoms with E-state index in [1.165, 1.54) is 6.08 Å². The molecule has 0 aliphatic heterocycles. The van der Waals surface area contributed by atoms with Crippen LogP contribution in [-0.4, -0.2) is 30.1 Å². The molecule has 8 heteroatoms. The second-order valence-corrected chi connectivity index (χ2v) is 6.25. The summed E-state index contributed by atoms with van der Waals surface area (Å²) in [5.74, 6) is 7.51. The molecule has 0 saturated heterocycles. The van der Waals surface area contributed by atoms with Crippen LogP contribution in [0.5, 0.6) is 11.5 Å². The highest BCUT2D eigenvalue weighted by atomic mass is 16.5. The molecule has 0 atom stereocenters. The molecule has 4 N–H and O–H groups in total. The van der Waals surface area contributed by atoms with E-state index >= 15 is 0 Å². The zero-order chi connectivity index (χ0) is 22.2. The molecule has 0 spiro atoms. The summed E-state index contributed by atoms with van der Waals surface area (Å²) in [7, 11) is 3.15. The summed E-state index contributed by atoms with van der Waals surface area (Å²) in [6.45, 7) is 3.44. The first kappa shape index (κ1) is 21.2. The Kier molecular flexibility index (Phi) is 6.71. The molecule has 0 unspecified atom stereocenters. The van der Waals surface area contributed by atoms with E-state index in [9.17, 15) is 4.79 Å². The summed E-state index contributed by atoms with van der Waals surface area (Å²) < 4.78 is 10.5. The Hall–Kier alpha value is -4.51. The van der Waals surface area contributed by atoms with Crippen LogP contribution in [0.1, 0.15) is 11.3 Å². The Morgan fingerprint density at radius 1 is 1.03 bits per heavy atom. The van der Waals surface area contributed by atoms with E-state index in [1.54, 1.807) is 56.7 Å². The summed E-state index contributed by atoms with van der Waals surface area (Å²) >= 11 is 0. The number of nitrogens with zero attached hydrogens (tertiary/aromatic N) is 2. The van der Waals surface area contributed by atoms with E-state index in [4.69, 9.17) is 15.2 Å². The predicted molar refractivity (Wildman–Crippen MR) is 121 cm³/mol. The number of hydrogen-bond acceptors (Lipinski definition) is 7. The minimum Gasteiger partial charge on any atom is -0.497 e. The lowest BCUT2D eigenvalue weighted by atomic mass is 10.2. The van der Waals surface area contributed by atoms with Gasteiger partial charge in [0, 0.05) is 29.1 Å². The molecule has 0 aliphatic carbocycles. The first-order valence-corrected chi connectivity index (χ1v) is 9.19. The van der Waals surface area contributed by atoms with Crippen LogP contribution in [0.15, 0.2) is 61.2 Å². The monoisotopic (exact) mass is 415 g/mol. The van der Waals surface area contributed by atoms with Crippen molar-refractivity contribution in [3.63, 3.8) is 0 Å². The average molecular weight is 415 g/mol. The Bertz CT molecular complexity index is 1160. The number of carbonyl (C=O) groups is 1. The fraction of sp³-hybridized carbons (Fsp3) is 0.0870. The number of carbonyl (C=O) groups excluding carboxylic acids is 1. The molecule has 156 valence electrons. The second-order valence-electron chi connectivity index (χ2n) is 6.25. The molecule has 0 bridgehead atoms. The van der Waals surface area contributed by atoms with Gasteiger partial charge in [-0.15, -0.1) is 0 Å². The standard InChI is InChI=1S/C23H21N5O3/c1-4-22(29)25-16-6-5-7-17(12-16)26-23-27-18(13-21(24)28-23)9-8-15-10-19(30-2)14-20(11-15)31-3/h4-7,10-14H,1H2,2-3H3,(H,25,29)(H3,24,26,27,28). The number of nitrogens with one attached hydrogen (secondary N) is 2. The summed E-state index contributed by atoms with van der Waals surface area (Å²) in [4.78, 5) is 20.1. The summed E-state index contributed by atoms with van der Waals surface area (Å²) in [5, 5.41) is 5.76. The van der Waals surface area contributed by atoms with Gasteiger partial charge >= 0.3 is 0 Å². The number of nitrogen functional groups attached to an aromatic ring is 1. The van der Waals surface area contributed by atoms with Gasteiger partial charge in [-0.05, 0) is 42.3 Å². The van der Waals surface area contributed by atoms with Crippen LogP contribution in [0.25, 0.3) is 0 Å². The van der Waals surface area contributed by atoms with Crippen LogP contribution in [-0.2, 0) is 4.79 Å². The molecule has 3 rings (SSSR count). The number of aromatic nitrogens is 2. The third-order valence-corrected chi connectivity index (χ3v) is 4.00. The van der Waals surface area contributed by atoms with Gasteiger partial charge in [0.1, 0.15) is 23.0 Å². The highest BCUT2D eigenvalue weighted by Crippen LogP contribution is 2.22. The van der Waals surface area contributed by atoms with Crippen LogP contribution in [0.2, 0.25) is 0 Å². The van der Waals surface area contributed by atoms with Crippen molar-refractivity contribution in [1.82, 2.24) is 9.97 Å². The molecule has 1 heterocycles. The minimum absolute atomic E-state index is 0.265. The van der Waals surface area contributed by atoms with Gasteiger partial charge in [-0.25, -0.2) is 4.98 Å². The number of hydrogen-bond donors (Lipinski definition) is 3. The minimum atomic E-state index is -0.302. The topological polar surface area (TPSA) is 111 Å². The zero-order valence-electron chi connectivity index (χ0n) is 17.1. The molecule has 0 radical (unpaired) electrons. The SMILES string of the molecule is C=CC(=O)Nc1cccc(Nc2nc(N)cc(C#Cc3cc(OC)cc(OC)c3)n2)c1. The van der Waals surface area contributed by atoms with Crippen molar-refractivity contribution in [3.8, 4) is 23.3 Å². The number of amides is 1. The highest BCUT2D eigenvalue weighted by Gasteiger charge is 2.05. The molecule has 8 nitrogen and oxygen atoms in total. The van der Waals surface area contributed by atoms with Crippen LogP contribution < -0.4 is 25.8 Å². The lowest BCUT2D eigenvalue weighted by Crippen LogP contribution is -2.07. The van der Waals surface area contributed by atoms with Gasteiger partial charge in [0.2, 0.25) is 11.9 Å². The molecule has 1 amide bonds. The molecule has 0 aliphatic rings. The maximum Gasteiger partial charge on any atom is 0.247 e. The van der Waals surface area contributed by atoms with E-state index in [-0.39, 0.29) is 17.7 Å². The Morgan fingerprint density at radius 3 is 2.42 bits per heavy atom. The van der Waals surface area contributed by atoms with E-state index in [0.29, 0.717) is 34.1 Å². The van der Waals surface area contributed by atoms with Gasteiger partial charge in [0.15, 0.2) is 0 Å². The van der Waals surface area contributed by atoms with Crippen molar-refractivity contribution in [2.75, 3.05) is 30.6 Å². The first-order valence-electron chi connectivity index (χ1n) is 9.19. The van der Waals surface area contributed by atoms with E-state index in [0.717, 1.165) is 0 Å². The number of nitrogens with two attached hydrogens (primary N) is 1. The highest BCUT2D eigenvalue weighted by molar-refractivity contribution is 5.99. The molecular weight excluding hydrogens is 394 g/mol. The molecule has 0 fully saturated rings.